The average Bonchev–Trinajstić information content (AvgIpc) is 2.83. The van der Waals surface area contributed by atoms with E-state index in [0.717, 1.165) is 30.9 Å². The van der Waals surface area contributed by atoms with Gasteiger partial charge in [-0.1, -0.05) is 23.7 Å². The highest BCUT2D eigenvalue weighted by Crippen LogP contribution is 2.13. The maximum Gasteiger partial charge on any atom is 0.170 e. The molecular formula is C16H19ClN4OS. The summed E-state index contributed by atoms with van der Waals surface area (Å²) in [5, 5.41) is 11.6. The van der Waals surface area contributed by atoms with Crippen LogP contribution in [-0.4, -0.2) is 27.2 Å². The monoisotopic (exact) mass is 350 g/mol. The summed E-state index contributed by atoms with van der Waals surface area (Å²) >= 11 is 11.2. The molecule has 0 aliphatic rings. The van der Waals surface area contributed by atoms with Crippen LogP contribution in [0, 0.1) is 6.92 Å². The van der Waals surface area contributed by atoms with Crippen LogP contribution in [-0.2, 0) is 6.54 Å². The van der Waals surface area contributed by atoms with E-state index in [1.807, 2.05) is 23.7 Å². The molecule has 1 aromatic carbocycles. The molecule has 2 rings (SSSR count). The minimum atomic E-state index is 0.0285. The minimum Gasteiger partial charge on any atom is -0.362 e. The molecule has 0 aliphatic heterocycles. The van der Waals surface area contributed by atoms with E-state index in [1.54, 1.807) is 25.3 Å². The standard InChI is InChI=1S/C16H19ClN4OS/c1-11-15(17)10-19-21(11)8-4-7-18-16(23)20-14-6-3-5-13(9-14)12(2)22/h3,5-6,9-10H,4,7-8H2,1-2H3,(H2,18,20,23). The first-order valence-corrected chi connectivity index (χ1v) is 8.10. The number of anilines is 1. The quantitative estimate of drug-likeness (QED) is 0.475. The van der Waals surface area contributed by atoms with Crippen LogP contribution < -0.4 is 10.6 Å². The molecule has 0 saturated carbocycles. The molecule has 2 N–H and O–H groups in total. The number of nitrogens with zero attached hydrogens (tertiary/aromatic N) is 2. The summed E-state index contributed by atoms with van der Waals surface area (Å²) in [6.07, 6.45) is 2.52. The van der Waals surface area contributed by atoms with Crippen molar-refractivity contribution in [3.05, 3.63) is 46.7 Å². The third-order valence-electron chi connectivity index (χ3n) is 3.40. The number of halogens is 1. The molecule has 0 unspecified atom stereocenters. The van der Waals surface area contributed by atoms with Crippen LogP contribution in [0.1, 0.15) is 29.4 Å². The number of benzene rings is 1. The fourth-order valence-electron chi connectivity index (χ4n) is 2.07. The SMILES string of the molecule is CC(=O)c1cccc(NC(=S)NCCCn2ncc(Cl)c2C)c1. The minimum absolute atomic E-state index is 0.0285. The Balaban J connectivity index is 1.76. The maximum absolute atomic E-state index is 11.4. The molecule has 1 aromatic heterocycles. The van der Waals surface area contributed by atoms with Gasteiger partial charge in [0.15, 0.2) is 10.9 Å². The largest absolute Gasteiger partial charge is 0.362 e. The highest BCUT2D eigenvalue weighted by atomic mass is 35.5. The lowest BCUT2D eigenvalue weighted by atomic mass is 10.1. The molecule has 1 heterocycles. The molecule has 0 bridgehead atoms. The number of carbonyl (C=O) groups is 1. The van der Waals surface area contributed by atoms with Crippen LogP contribution in [0.2, 0.25) is 5.02 Å². The van der Waals surface area contributed by atoms with Crippen molar-refractivity contribution >= 4 is 40.4 Å². The molecule has 0 aliphatic carbocycles. The second-order valence-corrected chi connectivity index (χ2v) is 5.99. The number of aromatic nitrogens is 2. The number of rotatable bonds is 6. The van der Waals surface area contributed by atoms with Gasteiger partial charge in [0.25, 0.3) is 0 Å². The fraction of sp³-hybridized carbons (Fsp3) is 0.312. The molecule has 122 valence electrons. The van der Waals surface area contributed by atoms with Crippen molar-refractivity contribution in [2.45, 2.75) is 26.8 Å². The van der Waals surface area contributed by atoms with Gasteiger partial charge in [-0.05, 0) is 44.6 Å². The molecule has 0 spiro atoms. The van der Waals surface area contributed by atoms with Crippen LogP contribution >= 0.6 is 23.8 Å². The van der Waals surface area contributed by atoms with Crippen molar-refractivity contribution in [1.82, 2.24) is 15.1 Å². The first kappa shape index (κ1) is 17.4. The Morgan fingerprint density at radius 1 is 1.43 bits per heavy atom. The van der Waals surface area contributed by atoms with Crippen molar-refractivity contribution < 1.29 is 4.79 Å². The molecule has 23 heavy (non-hydrogen) atoms. The number of ketones is 1. The van der Waals surface area contributed by atoms with Gasteiger partial charge in [0.05, 0.1) is 16.9 Å². The molecule has 7 heteroatoms. The van der Waals surface area contributed by atoms with Gasteiger partial charge >= 0.3 is 0 Å². The molecule has 0 saturated heterocycles. The van der Waals surface area contributed by atoms with Crippen molar-refractivity contribution in [2.75, 3.05) is 11.9 Å². The second kappa shape index (κ2) is 8.08. The van der Waals surface area contributed by atoms with Gasteiger partial charge in [-0.25, -0.2) is 0 Å². The van der Waals surface area contributed by atoms with Crippen molar-refractivity contribution in [3.63, 3.8) is 0 Å². The highest BCUT2D eigenvalue weighted by Gasteiger charge is 2.04. The fourth-order valence-corrected chi connectivity index (χ4v) is 2.43. The van der Waals surface area contributed by atoms with E-state index >= 15 is 0 Å². The first-order valence-electron chi connectivity index (χ1n) is 7.31. The van der Waals surface area contributed by atoms with E-state index in [9.17, 15) is 4.79 Å². The van der Waals surface area contributed by atoms with Crippen molar-refractivity contribution in [3.8, 4) is 0 Å². The molecule has 2 aromatic rings. The summed E-state index contributed by atoms with van der Waals surface area (Å²) in [6, 6.07) is 7.26. The van der Waals surface area contributed by atoms with Crippen LogP contribution in [0.25, 0.3) is 0 Å². The number of carbonyl (C=O) groups excluding carboxylic acids is 1. The number of hydrogen-bond donors (Lipinski definition) is 2. The second-order valence-electron chi connectivity index (χ2n) is 5.17. The normalized spacial score (nSPS) is 10.4. The lowest BCUT2D eigenvalue weighted by Gasteiger charge is -2.11. The Hall–Kier alpha value is -1.92. The average molecular weight is 351 g/mol. The van der Waals surface area contributed by atoms with E-state index < -0.39 is 0 Å². The van der Waals surface area contributed by atoms with Gasteiger partial charge in [-0.2, -0.15) is 5.10 Å². The third kappa shape index (κ3) is 5.04. The Bertz CT molecular complexity index is 714. The summed E-state index contributed by atoms with van der Waals surface area (Å²) in [6.45, 7) is 4.97. The predicted molar refractivity (Wildman–Crippen MR) is 97.3 cm³/mol. The summed E-state index contributed by atoms with van der Waals surface area (Å²) in [7, 11) is 0. The Labute approximate surface area is 146 Å². The molecule has 0 fully saturated rings. The molecule has 0 amide bonds. The van der Waals surface area contributed by atoms with E-state index in [4.69, 9.17) is 23.8 Å². The maximum atomic E-state index is 11.4. The topological polar surface area (TPSA) is 59.0 Å². The van der Waals surface area contributed by atoms with Gasteiger partial charge in [-0.3, -0.25) is 9.48 Å². The van der Waals surface area contributed by atoms with Gasteiger partial charge in [0, 0.05) is 24.3 Å². The van der Waals surface area contributed by atoms with E-state index in [0.29, 0.717) is 15.7 Å². The van der Waals surface area contributed by atoms with Crippen molar-refractivity contribution in [1.29, 1.82) is 0 Å². The van der Waals surface area contributed by atoms with Crippen LogP contribution in [0.15, 0.2) is 30.5 Å². The third-order valence-corrected chi connectivity index (χ3v) is 4.02. The molecule has 0 atom stereocenters. The van der Waals surface area contributed by atoms with Gasteiger partial charge < -0.3 is 10.6 Å². The number of aryl methyl sites for hydroxylation is 1. The zero-order valence-corrected chi connectivity index (χ0v) is 14.7. The van der Waals surface area contributed by atoms with E-state index in [2.05, 4.69) is 15.7 Å². The Morgan fingerprint density at radius 3 is 2.87 bits per heavy atom. The number of hydrogen-bond acceptors (Lipinski definition) is 3. The zero-order chi connectivity index (χ0) is 16.8. The van der Waals surface area contributed by atoms with Gasteiger partial charge in [0.1, 0.15) is 0 Å². The lowest BCUT2D eigenvalue weighted by molar-refractivity contribution is 0.101. The first-order chi connectivity index (χ1) is 11.0. The predicted octanol–water partition coefficient (Wildman–Crippen LogP) is 3.42. The number of thiocarbonyl (C=S) groups is 1. The number of Topliss-reactive ketones (excluding diaryl/α,β-unsaturated/α-hetero) is 1. The molecule has 5 nitrogen and oxygen atoms in total. The van der Waals surface area contributed by atoms with Gasteiger partial charge in [-0.15, -0.1) is 0 Å². The summed E-state index contributed by atoms with van der Waals surface area (Å²) in [4.78, 5) is 11.4. The Kier molecular flexibility index (Phi) is 6.12. The lowest BCUT2D eigenvalue weighted by Crippen LogP contribution is -2.30. The zero-order valence-electron chi connectivity index (χ0n) is 13.1. The van der Waals surface area contributed by atoms with E-state index in [1.165, 1.54) is 0 Å². The summed E-state index contributed by atoms with van der Waals surface area (Å²) in [5.74, 6) is 0.0285. The van der Waals surface area contributed by atoms with Crippen molar-refractivity contribution in [2.24, 2.45) is 0 Å². The number of nitrogens with one attached hydrogen (secondary N) is 2. The van der Waals surface area contributed by atoms with E-state index in [-0.39, 0.29) is 5.78 Å². The summed E-state index contributed by atoms with van der Waals surface area (Å²) < 4.78 is 1.87. The van der Waals surface area contributed by atoms with Crippen LogP contribution in [0.3, 0.4) is 0 Å². The summed E-state index contributed by atoms with van der Waals surface area (Å²) in [5.41, 5.74) is 2.42. The van der Waals surface area contributed by atoms with Crippen LogP contribution in [0.5, 0.6) is 0 Å². The van der Waals surface area contributed by atoms with Gasteiger partial charge in [0.2, 0.25) is 0 Å². The Morgan fingerprint density at radius 2 is 2.22 bits per heavy atom. The van der Waals surface area contributed by atoms with Crippen LogP contribution in [0.4, 0.5) is 5.69 Å². The molecule has 0 radical (unpaired) electrons. The smallest absolute Gasteiger partial charge is 0.170 e. The highest BCUT2D eigenvalue weighted by molar-refractivity contribution is 7.80. The molecular weight excluding hydrogens is 332 g/mol.